The molecule has 0 spiro atoms. The largest absolute Gasteiger partial charge is 0.494 e. The molecule has 2 aromatic rings. The molecule has 0 saturated carbocycles. The van der Waals surface area contributed by atoms with E-state index < -0.39 is 36.2 Å². The monoisotopic (exact) mass is 439 g/mol. The van der Waals surface area contributed by atoms with Crippen LogP contribution in [-0.4, -0.2) is 48.5 Å². The van der Waals surface area contributed by atoms with Gasteiger partial charge in [-0.15, -0.1) is 0 Å². The molecule has 0 bridgehead atoms. The molecular weight excluding hydrogens is 414 g/mol. The Morgan fingerprint density at radius 1 is 1.12 bits per heavy atom. The van der Waals surface area contributed by atoms with Crippen molar-refractivity contribution in [1.82, 2.24) is 10.4 Å². The summed E-state index contributed by atoms with van der Waals surface area (Å²) >= 11 is 0. The fourth-order valence-corrected chi connectivity index (χ4v) is 3.20. The maximum atomic E-state index is 12.3. The summed E-state index contributed by atoms with van der Waals surface area (Å²) in [6.07, 6.45) is -0.104. The Hall–Kier alpha value is -3.88. The summed E-state index contributed by atoms with van der Waals surface area (Å²) in [4.78, 5) is 48.9. The number of rotatable bonds is 8. The predicted molar refractivity (Wildman–Crippen MR) is 116 cm³/mol. The molecule has 3 amide bonds. The average molecular weight is 439 g/mol. The molecular formula is C23H25N3O6. The first-order chi connectivity index (χ1) is 15.4. The number of carbonyl (C=O) groups is 4. The average Bonchev–Trinajstić information content (AvgIpc) is 3.14. The van der Waals surface area contributed by atoms with Crippen LogP contribution in [0.5, 0.6) is 5.75 Å². The number of hydrogen-bond acceptors (Lipinski definition) is 6. The van der Waals surface area contributed by atoms with Crippen LogP contribution in [-0.2, 0) is 19.1 Å². The number of amides is 3. The molecule has 168 valence electrons. The van der Waals surface area contributed by atoms with Crippen molar-refractivity contribution in [2.75, 3.05) is 25.1 Å². The van der Waals surface area contributed by atoms with Gasteiger partial charge in [-0.05, 0) is 50.2 Å². The molecule has 0 radical (unpaired) electrons. The van der Waals surface area contributed by atoms with Gasteiger partial charge in [0.1, 0.15) is 5.75 Å². The van der Waals surface area contributed by atoms with Crippen LogP contribution >= 0.6 is 0 Å². The third-order valence-corrected chi connectivity index (χ3v) is 4.77. The van der Waals surface area contributed by atoms with Gasteiger partial charge in [0.15, 0.2) is 6.61 Å². The molecule has 1 aliphatic rings. The van der Waals surface area contributed by atoms with Crippen LogP contribution in [0.3, 0.4) is 0 Å². The Morgan fingerprint density at radius 3 is 2.56 bits per heavy atom. The molecule has 0 aromatic heterocycles. The van der Waals surface area contributed by atoms with Gasteiger partial charge < -0.3 is 14.8 Å². The van der Waals surface area contributed by atoms with Gasteiger partial charge in [-0.2, -0.15) is 0 Å². The molecule has 9 heteroatoms. The van der Waals surface area contributed by atoms with Gasteiger partial charge in [-0.3, -0.25) is 29.6 Å². The fourth-order valence-electron chi connectivity index (χ4n) is 3.20. The van der Waals surface area contributed by atoms with Crippen LogP contribution in [0, 0.1) is 12.8 Å². The van der Waals surface area contributed by atoms with E-state index >= 15 is 0 Å². The van der Waals surface area contributed by atoms with Gasteiger partial charge in [0.25, 0.3) is 11.8 Å². The molecule has 9 nitrogen and oxygen atoms in total. The van der Waals surface area contributed by atoms with Crippen LogP contribution in [0.25, 0.3) is 0 Å². The minimum Gasteiger partial charge on any atom is -0.494 e. The summed E-state index contributed by atoms with van der Waals surface area (Å²) in [5.74, 6) is -2.10. The topological polar surface area (TPSA) is 114 Å². The Labute approximate surface area is 185 Å². The fraction of sp³-hybridized carbons (Fsp3) is 0.304. The van der Waals surface area contributed by atoms with Gasteiger partial charge >= 0.3 is 5.97 Å². The van der Waals surface area contributed by atoms with Crippen LogP contribution in [0.1, 0.15) is 29.3 Å². The second-order valence-corrected chi connectivity index (χ2v) is 7.33. The number of hydrogen-bond donors (Lipinski definition) is 2. The lowest BCUT2D eigenvalue weighted by atomic mass is 10.1. The zero-order valence-corrected chi connectivity index (χ0v) is 17.9. The molecule has 2 N–H and O–H groups in total. The van der Waals surface area contributed by atoms with Gasteiger partial charge in [0.2, 0.25) is 5.91 Å². The normalized spacial score (nSPS) is 15.2. The minimum atomic E-state index is -0.765. The van der Waals surface area contributed by atoms with E-state index in [1.165, 1.54) is 0 Å². The first-order valence-electron chi connectivity index (χ1n) is 10.2. The zero-order chi connectivity index (χ0) is 23.1. The predicted octanol–water partition coefficient (Wildman–Crippen LogP) is 2.07. The number of aryl methyl sites for hydroxylation is 1. The third kappa shape index (κ3) is 6.07. The van der Waals surface area contributed by atoms with Crippen molar-refractivity contribution >= 4 is 29.4 Å². The first kappa shape index (κ1) is 22.8. The molecule has 0 aliphatic carbocycles. The van der Waals surface area contributed by atoms with E-state index in [0.29, 0.717) is 23.6 Å². The van der Waals surface area contributed by atoms with Gasteiger partial charge in [0, 0.05) is 17.7 Å². The summed E-state index contributed by atoms with van der Waals surface area (Å²) in [7, 11) is 0. The first-order valence-corrected chi connectivity index (χ1v) is 10.2. The summed E-state index contributed by atoms with van der Waals surface area (Å²) in [5.41, 5.74) is 4.38. The lowest BCUT2D eigenvalue weighted by Crippen LogP contribution is -2.43. The number of esters is 1. The van der Waals surface area contributed by atoms with E-state index in [1.54, 1.807) is 42.5 Å². The molecule has 32 heavy (non-hydrogen) atoms. The Bertz CT molecular complexity index is 1010. The van der Waals surface area contributed by atoms with Crippen molar-refractivity contribution < 1.29 is 28.7 Å². The summed E-state index contributed by atoms with van der Waals surface area (Å²) < 4.78 is 10.4. The lowest BCUT2D eigenvalue weighted by Gasteiger charge is -2.17. The van der Waals surface area contributed by atoms with Crippen molar-refractivity contribution in [3.05, 3.63) is 59.7 Å². The van der Waals surface area contributed by atoms with E-state index in [1.807, 2.05) is 19.9 Å². The standard InChI is InChI=1S/C23H25N3O6/c1-3-31-19-9-7-18(8-10-19)24-20(27)14-32-23(30)17-12-21(28)26(13-17)25-22(29)16-6-4-5-15(2)11-16/h4-11,17H,3,12-14H2,1-2H3,(H,24,27)(H,25,29)/t17-/m0/s1. The molecule has 1 saturated heterocycles. The van der Waals surface area contributed by atoms with E-state index in [-0.39, 0.29) is 13.0 Å². The van der Waals surface area contributed by atoms with E-state index in [4.69, 9.17) is 9.47 Å². The maximum absolute atomic E-state index is 12.3. The number of benzene rings is 2. The minimum absolute atomic E-state index is 0.0181. The number of carbonyl (C=O) groups excluding carboxylic acids is 4. The Balaban J connectivity index is 1.45. The smallest absolute Gasteiger partial charge is 0.311 e. The second-order valence-electron chi connectivity index (χ2n) is 7.33. The summed E-state index contributed by atoms with van der Waals surface area (Å²) in [6, 6.07) is 13.7. The highest BCUT2D eigenvalue weighted by Gasteiger charge is 2.36. The number of nitrogens with zero attached hydrogens (tertiary/aromatic N) is 1. The molecule has 1 aliphatic heterocycles. The van der Waals surface area contributed by atoms with E-state index in [0.717, 1.165) is 10.6 Å². The third-order valence-electron chi connectivity index (χ3n) is 4.77. The molecule has 3 rings (SSSR count). The molecule has 1 atom stereocenters. The number of ether oxygens (including phenoxy) is 2. The molecule has 2 aromatic carbocycles. The van der Waals surface area contributed by atoms with Crippen LogP contribution in [0.2, 0.25) is 0 Å². The van der Waals surface area contributed by atoms with Crippen molar-refractivity contribution in [3.8, 4) is 5.75 Å². The van der Waals surface area contributed by atoms with E-state index in [2.05, 4.69) is 10.7 Å². The number of anilines is 1. The highest BCUT2D eigenvalue weighted by atomic mass is 16.5. The highest BCUT2D eigenvalue weighted by molar-refractivity contribution is 5.97. The zero-order valence-electron chi connectivity index (χ0n) is 17.9. The van der Waals surface area contributed by atoms with Crippen LogP contribution < -0.4 is 15.5 Å². The molecule has 1 fully saturated rings. The quantitative estimate of drug-likeness (QED) is 0.609. The van der Waals surface area contributed by atoms with Gasteiger partial charge in [-0.1, -0.05) is 17.7 Å². The van der Waals surface area contributed by atoms with Crippen LogP contribution in [0.15, 0.2) is 48.5 Å². The summed E-state index contributed by atoms with van der Waals surface area (Å²) in [6.45, 7) is 3.77. The lowest BCUT2D eigenvalue weighted by molar-refractivity contribution is -0.151. The van der Waals surface area contributed by atoms with Crippen molar-refractivity contribution in [2.24, 2.45) is 5.92 Å². The van der Waals surface area contributed by atoms with Gasteiger partial charge in [-0.25, -0.2) is 0 Å². The number of hydrazine groups is 1. The second kappa shape index (κ2) is 10.4. The van der Waals surface area contributed by atoms with Crippen molar-refractivity contribution in [3.63, 3.8) is 0 Å². The summed E-state index contributed by atoms with van der Waals surface area (Å²) in [5, 5.41) is 3.73. The molecule has 0 unspecified atom stereocenters. The number of nitrogens with one attached hydrogen (secondary N) is 2. The highest BCUT2D eigenvalue weighted by Crippen LogP contribution is 2.19. The van der Waals surface area contributed by atoms with E-state index in [9.17, 15) is 19.2 Å². The molecule has 1 heterocycles. The van der Waals surface area contributed by atoms with Crippen molar-refractivity contribution in [2.45, 2.75) is 20.3 Å². The Morgan fingerprint density at radius 2 is 1.88 bits per heavy atom. The van der Waals surface area contributed by atoms with Crippen molar-refractivity contribution in [1.29, 1.82) is 0 Å². The maximum Gasteiger partial charge on any atom is 0.311 e. The van der Waals surface area contributed by atoms with Gasteiger partial charge in [0.05, 0.1) is 19.1 Å². The Kier molecular flexibility index (Phi) is 7.43. The SMILES string of the molecule is CCOc1ccc(NC(=O)COC(=O)[C@H]2CC(=O)N(NC(=O)c3cccc(C)c3)C2)cc1. The van der Waals surface area contributed by atoms with Crippen LogP contribution in [0.4, 0.5) is 5.69 Å².